The van der Waals surface area contributed by atoms with Crippen molar-refractivity contribution in [1.82, 2.24) is 32.8 Å². The van der Waals surface area contributed by atoms with E-state index in [0.717, 1.165) is 150 Å². The third-order valence-electron chi connectivity index (χ3n) is 20.4. The highest BCUT2D eigenvalue weighted by Crippen LogP contribution is 2.63. The molecule has 7 aromatic heterocycles. The fraction of sp³-hybridized carbons (Fsp3) is 0.0118. The van der Waals surface area contributed by atoms with Crippen molar-refractivity contribution in [3.8, 4) is 63.5 Å². The Morgan fingerprint density at radius 3 is 0.916 bits per heavy atom. The molecule has 95 heavy (non-hydrogen) atoms. The molecule has 438 valence electrons. The van der Waals surface area contributed by atoms with E-state index in [9.17, 15) is 10.5 Å². The maximum atomic E-state index is 10.5. The van der Waals surface area contributed by atoms with Gasteiger partial charge in [-0.25, -0.2) is 0 Å². The zero-order chi connectivity index (χ0) is 62.4. The summed E-state index contributed by atoms with van der Waals surface area (Å²) < 4.78 is 19.4. The Kier molecular flexibility index (Phi) is 10.2. The topological polar surface area (TPSA) is 107 Å². The summed E-state index contributed by atoms with van der Waals surface area (Å²) in [5, 5.41) is 31.8. The van der Waals surface area contributed by atoms with Crippen LogP contribution in [0.25, 0.3) is 149 Å². The first-order valence-electron chi connectivity index (χ1n) is 31.9. The van der Waals surface area contributed by atoms with E-state index in [2.05, 4.69) is 284 Å². The van der Waals surface area contributed by atoms with Crippen LogP contribution >= 0.6 is 0 Å². The van der Waals surface area contributed by atoms with E-state index in [1.807, 2.05) is 36.7 Å². The Hall–Kier alpha value is -13.3. The second-order valence-corrected chi connectivity index (χ2v) is 25.1. The summed E-state index contributed by atoms with van der Waals surface area (Å²) in [4.78, 5) is 11.2. The van der Waals surface area contributed by atoms with Gasteiger partial charge in [-0.2, -0.15) is 10.5 Å². The minimum Gasteiger partial charge on any atom is -0.457 e. The molecule has 1 aliphatic carbocycles. The van der Waals surface area contributed by atoms with Gasteiger partial charge in [0.2, 0.25) is 0 Å². The summed E-state index contributed by atoms with van der Waals surface area (Å²) in [6.45, 7) is 0. The Morgan fingerprint density at radius 1 is 0.263 bits per heavy atom. The number of nitriles is 2. The lowest BCUT2D eigenvalue weighted by molar-refractivity contribution is 0.436. The largest absolute Gasteiger partial charge is 0.457 e. The summed E-state index contributed by atoms with van der Waals surface area (Å²) in [5.41, 5.74) is 20.6. The van der Waals surface area contributed by atoms with Crippen LogP contribution in [0, 0.1) is 22.7 Å². The van der Waals surface area contributed by atoms with Gasteiger partial charge in [0.05, 0.1) is 119 Å². The quantitative estimate of drug-likeness (QED) is 0.171. The van der Waals surface area contributed by atoms with Crippen LogP contribution in [0.1, 0.15) is 33.4 Å². The lowest BCUT2D eigenvalue weighted by Gasteiger charge is -2.39. The number of fused-ring (bicyclic) bond motifs is 24. The number of benzene rings is 12. The Balaban J connectivity index is 0.861. The average molecular weight is 1210 g/mol. The molecule has 10 heteroatoms. The number of pyridine rings is 2. The molecule has 21 rings (SSSR count). The highest BCUT2D eigenvalue weighted by Gasteiger charge is 2.53. The molecule has 0 saturated heterocycles. The number of hydrogen-bond acceptors (Lipinski definition) is 5. The maximum absolute atomic E-state index is 10.5. The van der Waals surface area contributed by atoms with E-state index in [0.29, 0.717) is 22.6 Å². The molecule has 19 aromatic rings. The first kappa shape index (κ1) is 51.5. The smallest absolute Gasteiger partial charge is 0.134 e. The van der Waals surface area contributed by atoms with Gasteiger partial charge < -0.3 is 27.6 Å². The lowest BCUT2D eigenvalue weighted by Crippen LogP contribution is -2.32. The lowest BCUT2D eigenvalue weighted by atomic mass is 9.66. The molecule has 0 bridgehead atoms. The SMILES string of the molecule is N#Cc1ccc2c(c1)c1ccccc1n2-c1cnc2c(c1)C1(c3ccc(-n4c5ccccc5c5ccccc54)cc3Oc3cc(-n4c5ccc(C#N)cc5c5cc(-n6c7ccccc7c7ccccc76)ccc54)ccc31)c1cc(-n3c4ccccc4c4ccccc43)cnc1-2. The highest BCUT2D eigenvalue weighted by molar-refractivity contribution is 6.15. The predicted molar refractivity (Wildman–Crippen MR) is 381 cm³/mol. The molecule has 10 nitrogen and oxygen atoms in total. The van der Waals surface area contributed by atoms with Crippen LogP contribution in [0.15, 0.2) is 285 Å². The van der Waals surface area contributed by atoms with Crippen molar-refractivity contribution in [3.63, 3.8) is 0 Å². The van der Waals surface area contributed by atoms with E-state index in [1.54, 1.807) is 0 Å². The Labute approximate surface area is 541 Å². The van der Waals surface area contributed by atoms with Crippen molar-refractivity contribution in [1.29, 1.82) is 10.5 Å². The van der Waals surface area contributed by atoms with Crippen LogP contribution in [0.3, 0.4) is 0 Å². The van der Waals surface area contributed by atoms with E-state index < -0.39 is 5.41 Å². The molecular formula is C85H47N9O. The first-order valence-corrected chi connectivity index (χ1v) is 31.9. The number of rotatable bonds is 5. The van der Waals surface area contributed by atoms with Gasteiger partial charge in [-0.15, -0.1) is 0 Å². The Morgan fingerprint density at radius 2 is 0.547 bits per heavy atom. The molecule has 2 aliphatic rings. The third kappa shape index (κ3) is 6.83. The van der Waals surface area contributed by atoms with Crippen LogP contribution in [-0.4, -0.2) is 32.8 Å². The standard InChI is InChI=1S/C85H47N9O/c86-46-50-29-36-78-64(39-50)63-21-7-14-28-77(63)94(78)56-43-70-84(89-49-56)83-69(42-55(48-88-83)93-75-26-12-5-19-61(75)62-20-6-13-27-76(62)93)85(70)67-34-31-53(91-73-24-10-3-17-59(73)60-18-4-11-25-74(60)91)44-81(67)95-82-45-54(32-35-68(82)85)92-79-37-30-51(47-87)40-65(79)66-41-52(33-38-80(66)92)90-71-22-8-1-15-57(71)58-16-2-9-23-72(58)90/h1-45,48-49H. The summed E-state index contributed by atoms with van der Waals surface area (Å²) in [6.07, 6.45) is 3.99. The van der Waals surface area contributed by atoms with E-state index >= 15 is 0 Å². The molecule has 1 atom stereocenters. The van der Waals surface area contributed by atoms with Gasteiger partial charge in [0.1, 0.15) is 11.5 Å². The van der Waals surface area contributed by atoms with Gasteiger partial charge in [0.25, 0.3) is 0 Å². The summed E-state index contributed by atoms with van der Waals surface area (Å²) in [6, 6.07) is 102. The second kappa shape index (κ2) is 18.9. The molecule has 0 saturated carbocycles. The van der Waals surface area contributed by atoms with Crippen LogP contribution in [0.5, 0.6) is 11.5 Å². The van der Waals surface area contributed by atoms with Crippen molar-refractivity contribution in [2.75, 3.05) is 0 Å². The third-order valence-corrected chi connectivity index (χ3v) is 20.4. The normalized spacial score (nSPS) is 14.0. The molecule has 1 unspecified atom stereocenters. The molecule has 1 aliphatic heterocycles. The van der Waals surface area contributed by atoms with Crippen LogP contribution in [0.2, 0.25) is 0 Å². The summed E-state index contributed by atoms with van der Waals surface area (Å²) >= 11 is 0. The van der Waals surface area contributed by atoms with E-state index in [4.69, 9.17) is 14.7 Å². The molecule has 1 spiro atoms. The number of aromatic nitrogens is 7. The van der Waals surface area contributed by atoms with Gasteiger partial charge >= 0.3 is 0 Å². The molecule has 0 N–H and O–H groups in total. The monoisotopic (exact) mass is 1210 g/mol. The number of para-hydroxylation sites is 7. The number of ether oxygens (including phenoxy) is 1. The molecule has 0 radical (unpaired) electrons. The minimum atomic E-state index is -1.09. The van der Waals surface area contributed by atoms with Gasteiger partial charge in [-0.1, -0.05) is 140 Å². The second-order valence-electron chi connectivity index (χ2n) is 25.1. The zero-order valence-electron chi connectivity index (χ0n) is 50.6. The van der Waals surface area contributed by atoms with Crippen LogP contribution < -0.4 is 4.74 Å². The number of nitrogens with zero attached hydrogens (tertiary/aromatic N) is 9. The number of hydrogen-bond donors (Lipinski definition) is 0. The highest BCUT2D eigenvalue weighted by atomic mass is 16.5. The molecule has 0 amide bonds. The molecule has 8 heterocycles. The van der Waals surface area contributed by atoms with E-state index in [-0.39, 0.29) is 0 Å². The molecular weight excluding hydrogens is 1160 g/mol. The van der Waals surface area contributed by atoms with Crippen LogP contribution in [-0.2, 0) is 5.41 Å². The van der Waals surface area contributed by atoms with Crippen molar-refractivity contribution in [3.05, 3.63) is 319 Å². The first-order chi connectivity index (χ1) is 47.0. The fourth-order valence-electron chi connectivity index (χ4n) is 16.6. The maximum Gasteiger partial charge on any atom is 0.134 e. The Bertz CT molecular complexity index is 6590. The van der Waals surface area contributed by atoms with E-state index in [1.165, 1.54) is 21.5 Å². The van der Waals surface area contributed by atoms with Crippen molar-refractivity contribution < 1.29 is 4.74 Å². The molecule has 12 aromatic carbocycles. The van der Waals surface area contributed by atoms with Crippen LogP contribution in [0.4, 0.5) is 0 Å². The summed E-state index contributed by atoms with van der Waals surface area (Å²) in [5.74, 6) is 1.37. The zero-order valence-corrected chi connectivity index (χ0v) is 50.6. The van der Waals surface area contributed by atoms with Gasteiger partial charge in [-0.3, -0.25) is 9.97 Å². The van der Waals surface area contributed by atoms with Gasteiger partial charge in [0.15, 0.2) is 0 Å². The fourth-order valence-corrected chi connectivity index (χ4v) is 16.6. The van der Waals surface area contributed by atoms with Gasteiger partial charge in [-0.05, 0) is 121 Å². The minimum absolute atomic E-state index is 0.582. The van der Waals surface area contributed by atoms with Gasteiger partial charge in [0, 0.05) is 105 Å². The molecule has 0 fully saturated rings. The average Bonchev–Trinajstić information content (AvgIpc) is 1.56. The van der Waals surface area contributed by atoms with Crippen molar-refractivity contribution in [2.45, 2.75) is 5.41 Å². The van der Waals surface area contributed by atoms with Crippen molar-refractivity contribution in [2.24, 2.45) is 0 Å². The predicted octanol–water partition coefficient (Wildman–Crippen LogP) is 20.2. The van der Waals surface area contributed by atoms with Crippen molar-refractivity contribution >= 4 is 109 Å². The summed E-state index contributed by atoms with van der Waals surface area (Å²) in [7, 11) is 0.